The minimum atomic E-state index is -0.0562. The number of amides is 3. The van der Waals surface area contributed by atoms with Gasteiger partial charge in [-0.2, -0.15) is 11.8 Å². The first-order chi connectivity index (χ1) is 17.0. The molecule has 2 fully saturated rings. The zero-order valence-corrected chi connectivity index (χ0v) is 20.3. The topological polar surface area (TPSA) is 147 Å². The quantitative estimate of drug-likeness (QED) is 0.116. The Labute approximate surface area is 208 Å². The van der Waals surface area contributed by atoms with Gasteiger partial charge < -0.3 is 32.7 Å². The first kappa shape index (κ1) is 23.3. The summed E-state index contributed by atoms with van der Waals surface area (Å²) in [4.78, 5) is 28.5. The van der Waals surface area contributed by atoms with E-state index >= 15 is 0 Å². The van der Waals surface area contributed by atoms with Crippen LogP contribution in [0.4, 0.5) is 21.9 Å². The first-order valence-electron chi connectivity index (χ1n) is 12.1. The number of thioether (sulfide) groups is 1. The van der Waals surface area contributed by atoms with Gasteiger partial charge >= 0.3 is 6.03 Å². The number of hydrogen-bond acceptors (Lipinski definition) is 7. The number of benzene rings is 2. The van der Waals surface area contributed by atoms with E-state index in [1.807, 2.05) is 48.2 Å². The zero-order chi connectivity index (χ0) is 24.4. The molecular weight excluding hydrogens is 462 g/mol. The number of nitrogen functional groups attached to an aromatic ring is 2. The van der Waals surface area contributed by atoms with E-state index in [4.69, 9.17) is 16.5 Å². The first-order valence-corrected chi connectivity index (χ1v) is 13.1. The third kappa shape index (κ3) is 5.17. The summed E-state index contributed by atoms with van der Waals surface area (Å²) in [6, 6.07) is 11.8. The SMILES string of the molecule is Nc1ccc2c(NCCNC(=O)CCCC[C@@H]3SC[C@H]4NC(=O)N[C@@H]34)c3ccc(N)cc3nc2c1. The lowest BCUT2D eigenvalue weighted by Crippen LogP contribution is -2.36. The Hall–Kier alpha value is -3.40. The average molecular weight is 494 g/mol. The summed E-state index contributed by atoms with van der Waals surface area (Å²) in [6.45, 7) is 1.11. The van der Waals surface area contributed by atoms with Crippen molar-refractivity contribution in [3.63, 3.8) is 0 Å². The van der Waals surface area contributed by atoms with E-state index in [0.29, 0.717) is 36.1 Å². The van der Waals surface area contributed by atoms with Gasteiger partial charge in [-0.1, -0.05) is 6.42 Å². The highest BCUT2D eigenvalue weighted by molar-refractivity contribution is 8.00. The van der Waals surface area contributed by atoms with Crippen molar-refractivity contribution in [3.8, 4) is 0 Å². The summed E-state index contributed by atoms with van der Waals surface area (Å²) in [5, 5.41) is 14.8. The fraction of sp³-hybridized carbons (Fsp3) is 0.400. The number of carbonyl (C=O) groups excluding carboxylic acids is 2. The molecule has 0 aliphatic carbocycles. The number of rotatable bonds is 9. The molecule has 0 bridgehead atoms. The minimum Gasteiger partial charge on any atom is -0.399 e. The lowest BCUT2D eigenvalue weighted by atomic mass is 10.0. The lowest BCUT2D eigenvalue weighted by molar-refractivity contribution is -0.121. The Kier molecular flexibility index (Phi) is 6.72. The van der Waals surface area contributed by atoms with Crippen molar-refractivity contribution in [3.05, 3.63) is 36.4 Å². The van der Waals surface area contributed by atoms with Crippen LogP contribution in [0.15, 0.2) is 36.4 Å². The lowest BCUT2D eigenvalue weighted by Gasteiger charge is -2.16. The molecular formula is C25H31N7O2S. The Bertz CT molecular complexity index is 1210. The van der Waals surface area contributed by atoms with Gasteiger partial charge in [0.25, 0.3) is 0 Å². The maximum Gasteiger partial charge on any atom is 0.315 e. The summed E-state index contributed by atoms with van der Waals surface area (Å²) in [5.41, 5.74) is 15.8. The number of fused-ring (bicyclic) bond motifs is 3. The highest BCUT2D eigenvalue weighted by Gasteiger charge is 2.42. The molecule has 5 rings (SSSR count). The second kappa shape index (κ2) is 10.1. The molecule has 1 aromatic heterocycles. The van der Waals surface area contributed by atoms with Crippen molar-refractivity contribution in [1.29, 1.82) is 0 Å². The predicted octanol–water partition coefficient (Wildman–Crippen LogP) is 2.81. The number of nitrogens with one attached hydrogen (secondary N) is 4. The molecule has 2 aliphatic heterocycles. The molecule has 2 aliphatic rings. The van der Waals surface area contributed by atoms with E-state index in [0.717, 1.165) is 52.5 Å². The maximum absolute atomic E-state index is 12.3. The third-order valence-electron chi connectivity index (χ3n) is 6.65. The molecule has 9 nitrogen and oxygen atoms in total. The van der Waals surface area contributed by atoms with Gasteiger partial charge in [0, 0.05) is 52.7 Å². The van der Waals surface area contributed by atoms with E-state index in [9.17, 15) is 9.59 Å². The van der Waals surface area contributed by atoms with Gasteiger partial charge in [-0.25, -0.2) is 9.78 Å². The Morgan fingerprint density at radius 3 is 2.46 bits per heavy atom. The molecule has 184 valence electrons. The maximum atomic E-state index is 12.3. The largest absolute Gasteiger partial charge is 0.399 e. The van der Waals surface area contributed by atoms with Crippen LogP contribution >= 0.6 is 11.8 Å². The number of pyridine rings is 1. The van der Waals surface area contributed by atoms with E-state index in [1.165, 1.54) is 0 Å². The fourth-order valence-electron chi connectivity index (χ4n) is 4.92. The molecule has 0 saturated carbocycles. The van der Waals surface area contributed by atoms with Gasteiger partial charge in [0.1, 0.15) is 0 Å². The van der Waals surface area contributed by atoms with Crippen LogP contribution in [0, 0.1) is 0 Å². The van der Waals surface area contributed by atoms with Crippen molar-refractivity contribution < 1.29 is 9.59 Å². The van der Waals surface area contributed by atoms with E-state index in [1.54, 1.807) is 0 Å². The van der Waals surface area contributed by atoms with Crippen LogP contribution in [0.1, 0.15) is 25.7 Å². The van der Waals surface area contributed by atoms with Crippen LogP contribution in [-0.2, 0) is 4.79 Å². The fourth-order valence-corrected chi connectivity index (χ4v) is 6.47. The number of nitrogens with zero attached hydrogens (tertiary/aromatic N) is 1. The monoisotopic (exact) mass is 493 g/mol. The molecule has 3 heterocycles. The zero-order valence-electron chi connectivity index (χ0n) is 19.5. The number of carbonyl (C=O) groups is 2. The number of urea groups is 1. The summed E-state index contributed by atoms with van der Waals surface area (Å²) in [5.74, 6) is 1.02. The van der Waals surface area contributed by atoms with Crippen LogP contribution in [0.5, 0.6) is 0 Å². The highest BCUT2D eigenvalue weighted by atomic mass is 32.2. The highest BCUT2D eigenvalue weighted by Crippen LogP contribution is 2.34. The van der Waals surface area contributed by atoms with Crippen molar-refractivity contribution >= 4 is 62.6 Å². The molecule has 3 atom stereocenters. The number of aromatic nitrogens is 1. The van der Waals surface area contributed by atoms with Gasteiger partial charge in [0.15, 0.2) is 0 Å². The second-order valence-corrected chi connectivity index (χ2v) is 10.5. The van der Waals surface area contributed by atoms with Crippen LogP contribution in [0.2, 0.25) is 0 Å². The molecule has 2 aromatic carbocycles. The molecule has 0 unspecified atom stereocenters. The van der Waals surface area contributed by atoms with Crippen molar-refractivity contribution in [2.45, 2.75) is 43.0 Å². The van der Waals surface area contributed by atoms with Gasteiger partial charge in [-0.3, -0.25) is 4.79 Å². The van der Waals surface area contributed by atoms with Crippen molar-refractivity contribution in [2.75, 3.05) is 35.6 Å². The summed E-state index contributed by atoms with van der Waals surface area (Å²) < 4.78 is 0. The van der Waals surface area contributed by atoms with Crippen molar-refractivity contribution in [1.82, 2.24) is 20.9 Å². The second-order valence-electron chi connectivity index (χ2n) is 9.18. The van der Waals surface area contributed by atoms with Gasteiger partial charge in [0.2, 0.25) is 5.91 Å². The molecule has 8 N–H and O–H groups in total. The normalized spacial score (nSPS) is 21.0. The van der Waals surface area contributed by atoms with E-state index < -0.39 is 0 Å². The number of nitrogens with two attached hydrogens (primary N) is 2. The number of hydrogen-bond donors (Lipinski definition) is 6. The van der Waals surface area contributed by atoms with Crippen LogP contribution in [0.3, 0.4) is 0 Å². The molecule has 2 saturated heterocycles. The molecule has 0 radical (unpaired) electrons. The van der Waals surface area contributed by atoms with Crippen LogP contribution < -0.4 is 32.7 Å². The Morgan fingerprint density at radius 1 is 1.03 bits per heavy atom. The Balaban J connectivity index is 1.10. The smallest absolute Gasteiger partial charge is 0.315 e. The van der Waals surface area contributed by atoms with Crippen molar-refractivity contribution in [2.24, 2.45) is 0 Å². The number of anilines is 3. The minimum absolute atomic E-state index is 0.0562. The van der Waals surface area contributed by atoms with Gasteiger partial charge in [-0.15, -0.1) is 0 Å². The molecule has 3 amide bonds. The standard InChI is InChI=1S/C25H31N7O2S/c26-14-5-7-16-18(11-14)30-19-12-15(27)6-8-17(19)23(16)29-10-9-28-22(33)4-2-1-3-21-24-20(13-35-21)31-25(34)32-24/h5-8,11-12,20-21,24H,1-4,9-10,13,26-27H2,(H,28,33)(H,29,30)(H2,31,32,34)/t20-,21+,24-/m1/s1. The predicted molar refractivity (Wildman–Crippen MR) is 144 cm³/mol. The third-order valence-corrected chi connectivity index (χ3v) is 8.16. The van der Waals surface area contributed by atoms with Gasteiger partial charge in [-0.05, 0) is 49.2 Å². The molecule has 10 heteroatoms. The molecule has 3 aromatic rings. The molecule has 0 spiro atoms. The Morgan fingerprint density at radius 2 is 1.74 bits per heavy atom. The summed E-state index contributed by atoms with van der Waals surface area (Å²) in [7, 11) is 0. The van der Waals surface area contributed by atoms with Crippen LogP contribution in [0.25, 0.3) is 21.8 Å². The average Bonchev–Trinajstić information content (AvgIpc) is 3.37. The van der Waals surface area contributed by atoms with E-state index in [-0.39, 0.29) is 24.0 Å². The summed E-state index contributed by atoms with van der Waals surface area (Å²) in [6.07, 6.45) is 3.34. The van der Waals surface area contributed by atoms with Gasteiger partial charge in [0.05, 0.1) is 28.8 Å². The van der Waals surface area contributed by atoms with E-state index in [2.05, 4.69) is 21.3 Å². The van der Waals surface area contributed by atoms with Crippen LogP contribution in [-0.4, -0.2) is 53.1 Å². The molecule has 35 heavy (non-hydrogen) atoms. The number of unbranched alkanes of at least 4 members (excludes halogenated alkanes) is 1. The summed E-state index contributed by atoms with van der Waals surface area (Å²) >= 11 is 1.91.